The van der Waals surface area contributed by atoms with E-state index in [1.807, 2.05) is 44.2 Å². The second-order valence-electron chi connectivity index (χ2n) is 4.40. The van der Waals surface area contributed by atoms with E-state index in [0.717, 1.165) is 17.7 Å². The molecule has 20 heavy (non-hydrogen) atoms. The van der Waals surface area contributed by atoms with Gasteiger partial charge in [-0.1, -0.05) is 37.3 Å². The highest BCUT2D eigenvalue weighted by Crippen LogP contribution is 2.06. The molecule has 0 aliphatic heterocycles. The third-order valence-corrected chi connectivity index (χ3v) is 2.97. The first kappa shape index (κ1) is 14.3. The third kappa shape index (κ3) is 3.45. The van der Waals surface area contributed by atoms with Crippen LogP contribution in [0.3, 0.4) is 0 Å². The molecule has 0 aliphatic carbocycles. The topological polar surface area (TPSA) is 56.1 Å². The highest BCUT2D eigenvalue weighted by Gasteiger charge is 2.13. The maximum atomic E-state index is 12.0. The van der Waals surface area contributed by atoms with Crippen LogP contribution in [0.15, 0.2) is 36.4 Å². The van der Waals surface area contributed by atoms with Crippen molar-refractivity contribution in [1.29, 1.82) is 0 Å². The molecular weight excluding hydrogens is 254 g/mol. The number of hydroxylamine groups is 1. The largest absolute Gasteiger partial charge is 0.293 e. The van der Waals surface area contributed by atoms with E-state index < -0.39 is 0 Å². The van der Waals surface area contributed by atoms with Crippen LogP contribution in [0.2, 0.25) is 0 Å². The summed E-state index contributed by atoms with van der Waals surface area (Å²) in [6, 6.07) is 11.5. The Morgan fingerprint density at radius 2 is 2.05 bits per heavy atom. The molecule has 1 heterocycles. The molecule has 1 aromatic carbocycles. The van der Waals surface area contributed by atoms with Gasteiger partial charge in [-0.25, -0.2) is 5.48 Å². The van der Waals surface area contributed by atoms with Crippen molar-refractivity contribution >= 4 is 5.91 Å². The first-order valence-electron chi connectivity index (χ1n) is 6.77. The Morgan fingerprint density at radius 1 is 1.30 bits per heavy atom. The van der Waals surface area contributed by atoms with Gasteiger partial charge >= 0.3 is 0 Å². The van der Waals surface area contributed by atoms with Crippen molar-refractivity contribution in [3.63, 3.8) is 0 Å². The maximum absolute atomic E-state index is 12.0. The van der Waals surface area contributed by atoms with Crippen molar-refractivity contribution in [2.75, 3.05) is 0 Å². The molecule has 0 spiro atoms. The molecule has 0 unspecified atom stereocenters. The first-order valence-corrected chi connectivity index (χ1v) is 6.77. The quantitative estimate of drug-likeness (QED) is 0.822. The van der Waals surface area contributed by atoms with Crippen molar-refractivity contribution in [2.24, 2.45) is 0 Å². The van der Waals surface area contributed by atoms with Crippen LogP contribution in [0.4, 0.5) is 0 Å². The molecule has 5 nitrogen and oxygen atoms in total. The van der Waals surface area contributed by atoms with Gasteiger partial charge in [-0.15, -0.1) is 0 Å². The molecule has 2 rings (SSSR count). The zero-order chi connectivity index (χ0) is 14.4. The Labute approximate surface area is 118 Å². The number of amides is 1. The zero-order valence-electron chi connectivity index (χ0n) is 11.8. The van der Waals surface area contributed by atoms with Crippen LogP contribution in [0.5, 0.6) is 0 Å². The molecule has 2 aromatic rings. The van der Waals surface area contributed by atoms with Gasteiger partial charge in [0.15, 0.2) is 0 Å². The number of aryl methyl sites for hydroxylation is 2. The van der Waals surface area contributed by atoms with E-state index >= 15 is 0 Å². The summed E-state index contributed by atoms with van der Waals surface area (Å²) in [7, 11) is 0. The Hall–Kier alpha value is -2.14. The van der Waals surface area contributed by atoms with Gasteiger partial charge in [0.1, 0.15) is 5.69 Å². The summed E-state index contributed by atoms with van der Waals surface area (Å²) in [6.07, 6.45) is 0.804. The third-order valence-electron chi connectivity index (χ3n) is 2.97. The standard InChI is InChI=1S/C15H19N3O2/c1-3-13-10-14(18(4-2)16-13)15(19)17-20-11-12-8-6-5-7-9-12/h5-10H,3-4,11H2,1-2H3,(H,17,19). The number of nitrogens with one attached hydrogen (secondary N) is 1. The number of hydrogen-bond acceptors (Lipinski definition) is 3. The van der Waals surface area contributed by atoms with Gasteiger partial charge < -0.3 is 0 Å². The molecular formula is C15H19N3O2. The molecule has 106 valence electrons. The van der Waals surface area contributed by atoms with Gasteiger partial charge in [-0.05, 0) is 25.0 Å². The van der Waals surface area contributed by atoms with Gasteiger partial charge in [0.2, 0.25) is 0 Å². The average molecular weight is 273 g/mol. The van der Waals surface area contributed by atoms with Crippen LogP contribution in [-0.2, 0) is 24.4 Å². The Morgan fingerprint density at radius 3 is 2.70 bits per heavy atom. The van der Waals surface area contributed by atoms with E-state index in [2.05, 4.69) is 10.6 Å². The van der Waals surface area contributed by atoms with Crippen molar-refractivity contribution in [3.8, 4) is 0 Å². The SMILES string of the molecule is CCc1cc(C(=O)NOCc2ccccc2)n(CC)n1. The molecule has 0 aliphatic rings. The van der Waals surface area contributed by atoms with Crippen molar-refractivity contribution < 1.29 is 9.63 Å². The summed E-state index contributed by atoms with van der Waals surface area (Å²) >= 11 is 0. The predicted molar refractivity (Wildman–Crippen MR) is 76.0 cm³/mol. The van der Waals surface area contributed by atoms with E-state index in [-0.39, 0.29) is 5.91 Å². The molecule has 0 radical (unpaired) electrons. The summed E-state index contributed by atoms with van der Waals surface area (Å²) in [4.78, 5) is 17.3. The van der Waals surface area contributed by atoms with Gasteiger partial charge in [0.05, 0.1) is 12.3 Å². The Kier molecular flexibility index (Phi) is 4.90. The molecule has 5 heteroatoms. The maximum Gasteiger partial charge on any atom is 0.293 e. The number of nitrogens with zero attached hydrogens (tertiary/aromatic N) is 2. The minimum atomic E-state index is -0.269. The number of hydrogen-bond donors (Lipinski definition) is 1. The second kappa shape index (κ2) is 6.86. The Balaban J connectivity index is 1.93. The lowest BCUT2D eigenvalue weighted by Gasteiger charge is -2.07. The minimum Gasteiger partial charge on any atom is -0.269 e. The van der Waals surface area contributed by atoms with Crippen molar-refractivity contribution in [2.45, 2.75) is 33.4 Å². The summed E-state index contributed by atoms with van der Waals surface area (Å²) in [5, 5.41) is 4.33. The highest BCUT2D eigenvalue weighted by molar-refractivity contribution is 5.91. The van der Waals surface area contributed by atoms with E-state index in [1.54, 1.807) is 10.7 Å². The molecule has 0 atom stereocenters. The van der Waals surface area contributed by atoms with Crippen molar-refractivity contribution in [3.05, 3.63) is 53.3 Å². The fourth-order valence-corrected chi connectivity index (χ4v) is 1.88. The van der Waals surface area contributed by atoms with Crippen LogP contribution in [0, 0.1) is 0 Å². The van der Waals surface area contributed by atoms with Gasteiger partial charge in [-0.3, -0.25) is 14.3 Å². The molecule has 1 aromatic heterocycles. The molecule has 1 N–H and O–H groups in total. The second-order valence-corrected chi connectivity index (χ2v) is 4.40. The van der Waals surface area contributed by atoms with Crippen LogP contribution in [-0.4, -0.2) is 15.7 Å². The number of benzene rings is 1. The number of rotatable bonds is 6. The van der Waals surface area contributed by atoms with E-state index in [9.17, 15) is 4.79 Å². The smallest absolute Gasteiger partial charge is 0.269 e. The van der Waals surface area contributed by atoms with E-state index in [0.29, 0.717) is 18.8 Å². The molecule has 0 saturated carbocycles. The molecule has 0 fully saturated rings. The fraction of sp³-hybridized carbons (Fsp3) is 0.333. The fourth-order valence-electron chi connectivity index (χ4n) is 1.88. The normalized spacial score (nSPS) is 10.5. The minimum absolute atomic E-state index is 0.269. The molecule has 1 amide bonds. The Bertz CT molecular complexity index is 564. The zero-order valence-corrected chi connectivity index (χ0v) is 11.8. The highest BCUT2D eigenvalue weighted by atomic mass is 16.6. The van der Waals surface area contributed by atoms with Gasteiger partial charge in [0, 0.05) is 6.54 Å². The summed E-state index contributed by atoms with van der Waals surface area (Å²) in [6.45, 7) is 4.96. The van der Waals surface area contributed by atoms with Gasteiger partial charge in [-0.2, -0.15) is 5.10 Å². The van der Waals surface area contributed by atoms with Crippen LogP contribution < -0.4 is 5.48 Å². The van der Waals surface area contributed by atoms with Crippen LogP contribution in [0.25, 0.3) is 0 Å². The summed E-state index contributed by atoms with van der Waals surface area (Å²) in [5.74, 6) is -0.269. The monoisotopic (exact) mass is 273 g/mol. The van der Waals surface area contributed by atoms with Gasteiger partial charge in [0.25, 0.3) is 5.91 Å². The summed E-state index contributed by atoms with van der Waals surface area (Å²) < 4.78 is 1.68. The lowest BCUT2D eigenvalue weighted by Crippen LogP contribution is -2.26. The number of carbonyl (C=O) groups is 1. The lowest BCUT2D eigenvalue weighted by molar-refractivity contribution is 0.0225. The molecule has 0 saturated heterocycles. The van der Waals surface area contributed by atoms with Crippen LogP contribution >= 0.6 is 0 Å². The summed E-state index contributed by atoms with van der Waals surface area (Å²) in [5.41, 5.74) is 4.89. The van der Waals surface area contributed by atoms with Crippen molar-refractivity contribution in [1.82, 2.24) is 15.3 Å². The molecule has 0 bridgehead atoms. The number of carbonyl (C=O) groups excluding carboxylic acids is 1. The van der Waals surface area contributed by atoms with E-state index in [4.69, 9.17) is 4.84 Å². The first-order chi connectivity index (χ1) is 9.74. The number of aromatic nitrogens is 2. The average Bonchev–Trinajstić information content (AvgIpc) is 2.91. The predicted octanol–water partition coefficient (Wildman–Crippen LogP) is 2.33. The lowest BCUT2D eigenvalue weighted by atomic mass is 10.2. The van der Waals surface area contributed by atoms with Crippen LogP contribution in [0.1, 0.15) is 35.6 Å². The van der Waals surface area contributed by atoms with E-state index in [1.165, 1.54) is 0 Å².